The number of hydrazone groups is 2. The molecule has 24 nitrogen and oxygen atoms in total. The van der Waals surface area contributed by atoms with Gasteiger partial charge in [0.25, 0.3) is 40.5 Å². The molecular weight excluding hydrogens is 1080 g/mol. The second kappa shape index (κ2) is 24.5. The zero-order valence-electron chi connectivity index (χ0n) is 40.0. The molecule has 0 bridgehead atoms. The Balaban J connectivity index is 0.000000987. The number of hydrogen-bond donors (Lipinski definition) is 10. The number of nitrogens with zero attached hydrogens (tertiary/aromatic N) is 3. The molecule has 0 aromatic heterocycles. The Bertz CT molecular complexity index is 3680. The van der Waals surface area contributed by atoms with E-state index < -0.39 is 79.3 Å². The first-order chi connectivity index (χ1) is 34.7. The molecule has 2 aliphatic carbocycles. The Morgan fingerprint density at radius 2 is 0.842 bits per heavy atom. The van der Waals surface area contributed by atoms with Crippen LogP contribution in [-0.4, -0.2) is 129 Å². The van der Waals surface area contributed by atoms with Gasteiger partial charge in [0.05, 0.1) is 34.4 Å². The SMILES string of the molecule is CN(CCO)CCO.O=C(Nc1ccc2c(c1)C=C(S(=O)(=O)O)/C(=N/Nc1ccc3cc(S(=O)(=O)O)ccc3c1)C2=O)Nc1ccc2c(c1)C=C(S(=O)(=O)O)/C(=N/Nc1ccc3cc(S(=O)(=O)O)ccc3c1)C2=O.[Li+].[Na+]. The largest absolute Gasteiger partial charge is 1.00 e. The van der Waals surface area contributed by atoms with Crippen LogP contribution in [0.1, 0.15) is 31.8 Å². The maximum Gasteiger partial charge on any atom is 1.00 e. The third-order valence-corrected chi connectivity index (χ3v) is 14.3. The molecule has 0 saturated heterocycles. The first kappa shape index (κ1) is 60.8. The normalized spacial score (nSPS) is 14.6. The number of urea groups is 1. The monoisotopic (exact) mass is 1120 g/mol. The fourth-order valence-corrected chi connectivity index (χ4v) is 9.68. The van der Waals surface area contributed by atoms with Crippen molar-refractivity contribution in [2.24, 2.45) is 10.2 Å². The number of anilines is 4. The molecule has 0 radical (unpaired) electrons. The average molecular weight is 1120 g/mol. The molecule has 0 unspecified atom stereocenters. The molecule has 76 heavy (non-hydrogen) atoms. The number of hydrogen-bond acceptors (Lipinski definition) is 18. The summed E-state index contributed by atoms with van der Waals surface area (Å²) in [6.45, 7) is 1.61. The van der Waals surface area contributed by atoms with Gasteiger partial charge in [-0.3, -0.25) is 38.7 Å². The summed E-state index contributed by atoms with van der Waals surface area (Å²) in [7, 11) is -17.2. The summed E-state index contributed by atoms with van der Waals surface area (Å²) in [6, 6.07) is 23.2. The number of carbonyl (C=O) groups excluding carboxylic acids is 3. The van der Waals surface area contributed by atoms with E-state index in [0.29, 0.717) is 34.6 Å². The molecule has 6 aromatic rings. The number of benzene rings is 6. The van der Waals surface area contributed by atoms with E-state index in [1.807, 2.05) is 11.9 Å². The van der Waals surface area contributed by atoms with Gasteiger partial charge in [-0.15, -0.1) is 0 Å². The second-order valence-electron chi connectivity index (χ2n) is 16.1. The fourth-order valence-electron chi connectivity index (χ4n) is 7.33. The van der Waals surface area contributed by atoms with Gasteiger partial charge in [0, 0.05) is 35.6 Å². The van der Waals surface area contributed by atoms with Crippen molar-refractivity contribution in [2.75, 3.05) is 54.8 Å². The van der Waals surface area contributed by atoms with Crippen molar-refractivity contribution in [3.8, 4) is 0 Å². The van der Waals surface area contributed by atoms with Crippen molar-refractivity contribution in [3.05, 3.63) is 141 Å². The van der Waals surface area contributed by atoms with E-state index in [1.165, 1.54) is 109 Å². The number of Topliss-reactive ketones (excluding diaryl/α,β-unsaturated/α-hetero) is 2. The van der Waals surface area contributed by atoms with E-state index in [4.69, 9.17) is 10.2 Å². The molecule has 10 N–H and O–H groups in total. The summed E-state index contributed by atoms with van der Waals surface area (Å²) in [5.41, 5.74) is 4.15. The van der Waals surface area contributed by atoms with Crippen LogP contribution in [0.5, 0.6) is 0 Å². The first-order valence-electron chi connectivity index (χ1n) is 21.2. The Labute approximate surface area is 468 Å². The summed E-state index contributed by atoms with van der Waals surface area (Å²) >= 11 is 0. The average Bonchev–Trinajstić information content (AvgIpc) is 3.32. The fraction of sp³-hybridized carbons (Fsp3) is 0.109. The van der Waals surface area contributed by atoms with Crippen molar-refractivity contribution in [1.82, 2.24) is 4.90 Å². The van der Waals surface area contributed by atoms with Crippen LogP contribution < -0.4 is 69.9 Å². The number of allylic oxidation sites excluding steroid dienone is 2. The smallest absolute Gasteiger partial charge is 0.395 e. The molecule has 0 atom stereocenters. The molecule has 30 heteroatoms. The molecule has 0 fully saturated rings. The minimum Gasteiger partial charge on any atom is -0.395 e. The number of ketones is 2. The number of nitrogens with one attached hydrogen (secondary N) is 4. The van der Waals surface area contributed by atoms with E-state index in [9.17, 15) is 66.3 Å². The number of fused-ring (bicyclic) bond motifs is 4. The van der Waals surface area contributed by atoms with Crippen LogP contribution in [-0.2, 0) is 40.5 Å². The van der Waals surface area contributed by atoms with Crippen LogP contribution in [0.15, 0.2) is 139 Å². The summed E-state index contributed by atoms with van der Waals surface area (Å²) in [4.78, 5) is 39.7. The molecule has 2 amide bonds. The number of carbonyl (C=O) groups is 3. The van der Waals surface area contributed by atoms with E-state index >= 15 is 0 Å². The van der Waals surface area contributed by atoms with Crippen LogP contribution in [0.3, 0.4) is 0 Å². The topological polar surface area (TPSA) is 385 Å². The van der Waals surface area contributed by atoms with Crippen LogP contribution in [0.25, 0.3) is 33.7 Å². The zero-order valence-corrected chi connectivity index (χ0v) is 45.3. The summed E-state index contributed by atoms with van der Waals surface area (Å²) in [5.74, 6) is -1.83. The third-order valence-electron chi connectivity index (χ3n) is 10.9. The van der Waals surface area contributed by atoms with Gasteiger partial charge in [-0.2, -0.15) is 43.9 Å². The van der Waals surface area contributed by atoms with Crippen molar-refractivity contribution < 1.29 is 125 Å². The van der Waals surface area contributed by atoms with Gasteiger partial charge >= 0.3 is 54.4 Å². The van der Waals surface area contributed by atoms with Crippen molar-refractivity contribution in [3.63, 3.8) is 0 Å². The van der Waals surface area contributed by atoms with Crippen molar-refractivity contribution >= 4 is 126 Å². The third kappa shape index (κ3) is 14.7. The van der Waals surface area contributed by atoms with Gasteiger partial charge in [0.15, 0.2) is 11.4 Å². The maximum absolute atomic E-state index is 13.6. The molecule has 0 aliphatic heterocycles. The van der Waals surface area contributed by atoms with Crippen LogP contribution in [0, 0.1) is 0 Å². The first-order valence-corrected chi connectivity index (χ1v) is 26.9. The molecular formula is C46H41LiN7NaO17S4+2. The van der Waals surface area contributed by atoms with Crippen molar-refractivity contribution in [2.45, 2.75) is 9.79 Å². The van der Waals surface area contributed by atoms with E-state index in [1.54, 1.807) is 0 Å². The predicted molar refractivity (Wildman–Crippen MR) is 275 cm³/mol. The molecule has 0 spiro atoms. The van der Waals surface area contributed by atoms with Gasteiger partial charge in [0.2, 0.25) is 11.6 Å². The molecule has 0 heterocycles. The molecule has 8 rings (SSSR count). The van der Waals surface area contributed by atoms with Crippen LogP contribution in [0.2, 0.25) is 0 Å². The summed E-state index contributed by atoms with van der Waals surface area (Å²) < 4.78 is 135. The number of likely N-dealkylation sites (N-methyl/N-ethyl adjacent to an activating group) is 1. The summed E-state index contributed by atoms with van der Waals surface area (Å²) in [5, 5.41) is 31.4. The van der Waals surface area contributed by atoms with E-state index in [2.05, 4.69) is 31.7 Å². The summed E-state index contributed by atoms with van der Waals surface area (Å²) in [6.07, 6.45) is 1.93. The quantitative estimate of drug-likeness (QED) is 0.0349. The zero-order chi connectivity index (χ0) is 53.9. The molecule has 0 saturated carbocycles. The van der Waals surface area contributed by atoms with Gasteiger partial charge in [-0.05, 0) is 137 Å². The number of aliphatic hydroxyl groups excluding tert-OH is 2. The standard InChI is InChI=1S/C41H28N6O15S4.C5H13NO2.Li.Na/c48-39-33-11-7-27(15-25(33)19-35(65(57,58)59)37(39)46-44-29-5-1-23-17-31(63(51,52)53)9-3-21(23)13-29)42-41(50)43-28-8-12-34-26(16-28)20-36(66(60,61)62)38(40(34)49)47-45-30-6-2-24-18-32(64(54,55)56)10-4-22(24)14-30;1-6(2-4-7)3-5-8;;/h1-20,44-45H,(H2,42,43,50)(H,51,52,53)(H,54,55,56)(H,57,58,59)(H,60,61,62);7-8H,2-5H2,1H3;;/q;;2*+1/b46-37-,47-38-;;;. The Morgan fingerprint density at radius 1 is 0.500 bits per heavy atom. The Hall–Kier alpha value is -6.01. The van der Waals surface area contributed by atoms with Gasteiger partial charge in [-0.1, -0.05) is 24.3 Å². The predicted octanol–water partition coefficient (Wildman–Crippen LogP) is -1.17. The van der Waals surface area contributed by atoms with Crippen LogP contribution >= 0.6 is 0 Å². The van der Waals surface area contributed by atoms with E-state index in [0.717, 1.165) is 12.2 Å². The number of amides is 2. The van der Waals surface area contributed by atoms with Gasteiger partial charge in [-0.25, -0.2) is 4.79 Å². The van der Waals surface area contributed by atoms with Gasteiger partial charge < -0.3 is 25.7 Å². The molecule has 2 aliphatic rings. The van der Waals surface area contributed by atoms with Gasteiger partial charge in [0.1, 0.15) is 9.81 Å². The Kier molecular flexibility index (Phi) is 19.6. The Morgan fingerprint density at radius 3 is 1.18 bits per heavy atom. The minimum absolute atomic E-state index is 0. The minimum atomic E-state index is -5.07. The second-order valence-corrected chi connectivity index (χ2v) is 21.7. The van der Waals surface area contributed by atoms with Crippen molar-refractivity contribution in [1.29, 1.82) is 0 Å². The molecule has 6 aromatic carbocycles. The molecule has 386 valence electrons. The number of aliphatic hydroxyl groups is 2. The number of rotatable bonds is 14. The van der Waals surface area contributed by atoms with Crippen LogP contribution in [0.4, 0.5) is 27.5 Å². The van der Waals surface area contributed by atoms with E-state index in [-0.39, 0.29) is 116 Å². The maximum atomic E-state index is 13.6.